The zero-order valence-corrected chi connectivity index (χ0v) is 17.5. The van der Waals surface area contributed by atoms with Crippen LogP contribution in [0.15, 0.2) is 95.9 Å². The molecular formula is C26H22N4O2. The summed E-state index contributed by atoms with van der Waals surface area (Å²) in [6.45, 7) is 1.99. The molecule has 32 heavy (non-hydrogen) atoms. The molecule has 2 aromatic heterocycles. The number of carbonyl (C=O) groups excluding carboxylic acids is 1. The van der Waals surface area contributed by atoms with E-state index in [1.165, 1.54) is 6.20 Å². The number of hydrogen-bond acceptors (Lipinski definition) is 3. The Kier molecular flexibility index (Phi) is 5.03. The smallest absolute Gasteiger partial charge is 0.259 e. The third kappa shape index (κ3) is 3.46. The predicted octanol–water partition coefficient (Wildman–Crippen LogP) is 4.13. The van der Waals surface area contributed by atoms with Crippen LogP contribution in [0.2, 0.25) is 0 Å². The molecule has 0 spiro atoms. The number of aromatic amines is 1. The lowest BCUT2D eigenvalue weighted by molar-refractivity contribution is 0.0938. The van der Waals surface area contributed by atoms with Gasteiger partial charge in [0.25, 0.3) is 11.5 Å². The van der Waals surface area contributed by atoms with E-state index in [1.54, 1.807) is 16.6 Å². The van der Waals surface area contributed by atoms with Gasteiger partial charge in [-0.25, -0.2) is 4.52 Å². The first-order chi connectivity index (χ1) is 15.6. The molecule has 158 valence electrons. The van der Waals surface area contributed by atoms with Gasteiger partial charge < -0.3 is 10.3 Å². The highest BCUT2D eigenvalue weighted by atomic mass is 16.2. The number of aromatic nitrogens is 3. The second-order valence-electron chi connectivity index (χ2n) is 7.85. The molecule has 0 aliphatic rings. The van der Waals surface area contributed by atoms with Crippen LogP contribution in [0.1, 0.15) is 34.3 Å². The largest absolute Gasteiger partial charge is 0.348 e. The number of nitrogens with one attached hydrogen (secondary N) is 2. The van der Waals surface area contributed by atoms with Gasteiger partial charge in [-0.3, -0.25) is 9.59 Å². The molecule has 6 heteroatoms. The summed E-state index contributed by atoms with van der Waals surface area (Å²) in [4.78, 5) is 28.6. The number of fused-ring (bicyclic) bond motifs is 3. The molecule has 6 nitrogen and oxygen atoms in total. The molecule has 5 aromatic rings. The highest BCUT2D eigenvalue weighted by Crippen LogP contribution is 2.28. The van der Waals surface area contributed by atoms with Crippen molar-refractivity contribution in [2.24, 2.45) is 0 Å². The average molecular weight is 422 g/mol. The van der Waals surface area contributed by atoms with Crippen LogP contribution >= 0.6 is 0 Å². The van der Waals surface area contributed by atoms with Crippen molar-refractivity contribution in [1.29, 1.82) is 0 Å². The summed E-state index contributed by atoms with van der Waals surface area (Å²) in [5.41, 5.74) is 3.36. The maximum absolute atomic E-state index is 13.3. The van der Waals surface area contributed by atoms with Crippen LogP contribution in [0.3, 0.4) is 0 Å². The molecule has 0 saturated carbocycles. The first-order valence-corrected chi connectivity index (χ1v) is 10.5. The van der Waals surface area contributed by atoms with Gasteiger partial charge in [-0.05, 0) is 30.2 Å². The van der Waals surface area contributed by atoms with E-state index in [-0.39, 0.29) is 23.4 Å². The van der Waals surface area contributed by atoms with E-state index in [4.69, 9.17) is 0 Å². The van der Waals surface area contributed by atoms with Gasteiger partial charge in [-0.1, -0.05) is 72.8 Å². The molecule has 1 atom stereocenters. The van der Waals surface area contributed by atoms with Crippen LogP contribution < -0.4 is 10.9 Å². The second kappa shape index (κ2) is 8.15. The SMILES string of the molecule is CC(NC(=O)c1cnn2c1[nH]c(=O)c1ccccc12)C(c1ccccc1)c1ccccc1. The van der Waals surface area contributed by atoms with Gasteiger partial charge in [-0.2, -0.15) is 5.10 Å². The van der Waals surface area contributed by atoms with E-state index in [1.807, 2.05) is 55.5 Å². The van der Waals surface area contributed by atoms with Crippen LogP contribution in [0.4, 0.5) is 0 Å². The Morgan fingerprint density at radius 1 is 0.906 bits per heavy atom. The summed E-state index contributed by atoms with van der Waals surface area (Å²) in [6.07, 6.45) is 1.50. The first kappa shape index (κ1) is 19.8. The summed E-state index contributed by atoms with van der Waals surface area (Å²) >= 11 is 0. The number of para-hydroxylation sites is 1. The highest BCUT2D eigenvalue weighted by molar-refractivity contribution is 6.00. The minimum Gasteiger partial charge on any atom is -0.348 e. The van der Waals surface area contributed by atoms with Crippen molar-refractivity contribution in [3.8, 4) is 0 Å². The number of amides is 1. The molecule has 0 saturated heterocycles. The summed E-state index contributed by atoms with van der Waals surface area (Å²) in [5.74, 6) is -0.307. The lowest BCUT2D eigenvalue weighted by atomic mass is 9.85. The Labute approximate surface area is 184 Å². The minimum atomic E-state index is -0.282. The molecule has 1 amide bonds. The van der Waals surface area contributed by atoms with Gasteiger partial charge in [0.15, 0.2) is 0 Å². The number of nitrogens with zero attached hydrogens (tertiary/aromatic N) is 2. The topological polar surface area (TPSA) is 79.3 Å². The number of rotatable bonds is 5. The van der Waals surface area contributed by atoms with Crippen LogP contribution in [-0.2, 0) is 0 Å². The Hall–Kier alpha value is -4.19. The zero-order valence-electron chi connectivity index (χ0n) is 17.5. The van der Waals surface area contributed by atoms with E-state index in [2.05, 4.69) is 39.7 Å². The summed E-state index contributed by atoms with van der Waals surface area (Å²) in [7, 11) is 0. The highest BCUT2D eigenvalue weighted by Gasteiger charge is 2.25. The molecule has 0 aliphatic heterocycles. The summed E-state index contributed by atoms with van der Waals surface area (Å²) < 4.78 is 1.60. The molecule has 5 rings (SSSR count). The Bertz CT molecular complexity index is 1420. The van der Waals surface area contributed by atoms with E-state index in [0.29, 0.717) is 22.1 Å². The van der Waals surface area contributed by atoms with Crippen molar-refractivity contribution in [2.75, 3.05) is 0 Å². The third-order valence-electron chi connectivity index (χ3n) is 5.80. The lowest BCUT2D eigenvalue weighted by Crippen LogP contribution is -2.37. The Morgan fingerprint density at radius 2 is 1.50 bits per heavy atom. The molecule has 1 unspecified atom stereocenters. The molecule has 0 bridgehead atoms. The normalized spacial score (nSPS) is 12.3. The summed E-state index contributed by atoms with van der Waals surface area (Å²) in [5, 5.41) is 8.01. The standard InChI is InChI=1S/C26H22N4O2/c1-17(23(18-10-4-2-5-11-18)19-12-6-3-7-13-19)28-26(32)21-16-27-30-22-15-9-8-14-20(22)25(31)29-24(21)30/h2-17,23H,1H3,(H,28,32)(H,29,31). The van der Waals surface area contributed by atoms with E-state index < -0.39 is 0 Å². The molecule has 0 aliphatic carbocycles. The number of hydrogen-bond donors (Lipinski definition) is 2. The molecule has 0 radical (unpaired) electrons. The number of benzene rings is 3. The van der Waals surface area contributed by atoms with Crippen LogP contribution in [0, 0.1) is 0 Å². The van der Waals surface area contributed by atoms with Gasteiger partial charge in [-0.15, -0.1) is 0 Å². The molecule has 3 aromatic carbocycles. The van der Waals surface area contributed by atoms with Crippen molar-refractivity contribution in [3.63, 3.8) is 0 Å². The average Bonchev–Trinajstić information content (AvgIpc) is 3.25. The predicted molar refractivity (Wildman–Crippen MR) is 125 cm³/mol. The minimum absolute atomic E-state index is 0.0249. The zero-order chi connectivity index (χ0) is 22.1. The maximum atomic E-state index is 13.3. The van der Waals surface area contributed by atoms with E-state index in [0.717, 1.165) is 11.1 Å². The quantitative estimate of drug-likeness (QED) is 0.447. The van der Waals surface area contributed by atoms with Gasteiger partial charge >= 0.3 is 0 Å². The Balaban J connectivity index is 1.51. The van der Waals surface area contributed by atoms with Crippen molar-refractivity contribution < 1.29 is 4.79 Å². The van der Waals surface area contributed by atoms with Crippen molar-refractivity contribution in [1.82, 2.24) is 19.9 Å². The molecule has 2 N–H and O–H groups in total. The van der Waals surface area contributed by atoms with Crippen molar-refractivity contribution >= 4 is 22.5 Å². The fraction of sp³-hybridized carbons (Fsp3) is 0.115. The summed E-state index contributed by atoms with van der Waals surface area (Å²) in [6, 6.07) is 27.2. The third-order valence-corrected chi connectivity index (χ3v) is 5.80. The molecule has 0 fully saturated rings. The van der Waals surface area contributed by atoms with E-state index in [9.17, 15) is 9.59 Å². The van der Waals surface area contributed by atoms with Gasteiger partial charge in [0, 0.05) is 12.0 Å². The monoisotopic (exact) mass is 422 g/mol. The van der Waals surface area contributed by atoms with E-state index >= 15 is 0 Å². The maximum Gasteiger partial charge on any atom is 0.259 e. The Morgan fingerprint density at radius 3 is 2.16 bits per heavy atom. The molecule has 2 heterocycles. The number of H-pyrrole nitrogens is 1. The van der Waals surface area contributed by atoms with Crippen LogP contribution in [0.5, 0.6) is 0 Å². The first-order valence-electron chi connectivity index (χ1n) is 10.5. The second-order valence-corrected chi connectivity index (χ2v) is 7.85. The molecular weight excluding hydrogens is 400 g/mol. The fourth-order valence-electron chi connectivity index (χ4n) is 4.30. The van der Waals surface area contributed by atoms with Gasteiger partial charge in [0.05, 0.1) is 17.1 Å². The van der Waals surface area contributed by atoms with Gasteiger partial charge in [0.2, 0.25) is 0 Å². The lowest BCUT2D eigenvalue weighted by Gasteiger charge is -2.26. The van der Waals surface area contributed by atoms with Crippen LogP contribution in [-0.4, -0.2) is 26.5 Å². The fourth-order valence-corrected chi connectivity index (χ4v) is 4.30. The van der Waals surface area contributed by atoms with Crippen molar-refractivity contribution in [2.45, 2.75) is 18.9 Å². The van der Waals surface area contributed by atoms with Crippen molar-refractivity contribution in [3.05, 3.63) is 118 Å². The van der Waals surface area contributed by atoms with Gasteiger partial charge in [0.1, 0.15) is 11.2 Å². The van der Waals surface area contributed by atoms with Crippen LogP contribution in [0.25, 0.3) is 16.6 Å². The number of carbonyl (C=O) groups is 1.